The Hall–Kier alpha value is -3.23. The van der Waals surface area contributed by atoms with Gasteiger partial charge in [-0.3, -0.25) is 4.79 Å². The van der Waals surface area contributed by atoms with Gasteiger partial charge in [0, 0.05) is 11.8 Å². The molecule has 0 atom stereocenters. The van der Waals surface area contributed by atoms with Gasteiger partial charge in [0.15, 0.2) is 0 Å². The normalized spacial score (nSPS) is 11.0. The van der Waals surface area contributed by atoms with Crippen molar-refractivity contribution in [2.75, 3.05) is 31.4 Å². The molecule has 7 nitrogen and oxygen atoms in total. The van der Waals surface area contributed by atoms with Gasteiger partial charge < -0.3 is 20.1 Å². The van der Waals surface area contributed by atoms with Crippen LogP contribution in [0.4, 0.5) is 11.4 Å². The standard InChI is InChI=1S/C23H23ClN2O5S/c1-15-18(10-12-21(23(15)24)32(28,29)17-7-5-4-6-8-17)25-14-22(27)26-19-13-16(30-2)9-11-20(19)31-3/h4-13,25H,14H2,1-3H3,(H,26,27). The number of carbonyl (C=O) groups is 1. The topological polar surface area (TPSA) is 93.7 Å². The van der Waals surface area contributed by atoms with Crippen molar-refractivity contribution in [1.82, 2.24) is 0 Å². The van der Waals surface area contributed by atoms with Crippen LogP contribution >= 0.6 is 11.6 Å². The first-order valence-electron chi connectivity index (χ1n) is 9.63. The van der Waals surface area contributed by atoms with E-state index in [-0.39, 0.29) is 27.3 Å². The number of rotatable bonds is 8. The lowest BCUT2D eigenvalue weighted by Crippen LogP contribution is -2.22. The summed E-state index contributed by atoms with van der Waals surface area (Å²) >= 11 is 6.40. The van der Waals surface area contributed by atoms with Crippen molar-refractivity contribution in [3.8, 4) is 11.5 Å². The van der Waals surface area contributed by atoms with Gasteiger partial charge in [-0.25, -0.2) is 8.42 Å². The Morgan fingerprint density at radius 3 is 2.34 bits per heavy atom. The highest BCUT2D eigenvalue weighted by molar-refractivity contribution is 7.91. The minimum atomic E-state index is -3.76. The third-order valence-corrected chi connectivity index (χ3v) is 7.23. The van der Waals surface area contributed by atoms with Crippen molar-refractivity contribution in [2.24, 2.45) is 0 Å². The van der Waals surface area contributed by atoms with Crippen molar-refractivity contribution < 1.29 is 22.7 Å². The molecule has 0 aliphatic rings. The summed E-state index contributed by atoms with van der Waals surface area (Å²) in [6.07, 6.45) is 0. The maximum atomic E-state index is 12.9. The number of amides is 1. The summed E-state index contributed by atoms with van der Waals surface area (Å²) in [5.41, 5.74) is 1.54. The van der Waals surface area contributed by atoms with Crippen molar-refractivity contribution >= 4 is 38.7 Å². The van der Waals surface area contributed by atoms with E-state index in [0.717, 1.165) is 0 Å². The SMILES string of the molecule is COc1ccc(OC)c(NC(=O)CNc2ccc(S(=O)(=O)c3ccccc3)c(Cl)c2C)c1. The van der Waals surface area contributed by atoms with E-state index in [1.54, 1.807) is 49.4 Å². The third-order valence-electron chi connectivity index (χ3n) is 4.81. The summed E-state index contributed by atoms with van der Waals surface area (Å²) in [6.45, 7) is 1.62. The molecule has 9 heteroatoms. The molecule has 0 saturated carbocycles. The number of hydrogen-bond acceptors (Lipinski definition) is 6. The molecule has 3 aromatic rings. The first-order chi connectivity index (χ1) is 15.3. The van der Waals surface area contributed by atoms with Crippen molar-refractivity contribution in [3.05, 3.63) is 71.2 Å². The monoisotopic (exact) mass is 474 g/mol. The van der Waals surface area contributed by atoms with Gasteiger partial charge in [0.05, 0.1) is 41.3 Å². The summed E-state index contributed by atoms with van der Waals surface area (Å²) in [7, 11) is -0.723. The van der Waals surface area contributed by atoms with Gasteiger partial charge in [0.25, 0.3) is 0 Å². The van der Waals surface area contributed by atoms with E-state index in [9.17, 15) is 13.2 Å². The molecule has 2 N–H and O–H groups in total. The van der Waals surface area contributed by atoms with Gasteiger partial charge in [0.2, 0.25) is 15.7 Å². The molecule has 0 radical (unpaired) electrons. The fraction of sp³-hybridized carbons (Fsp3) is 0.174. The summed E-state index contributed by atoms with van der Waals surface area (Å²) in [5.74, 6) is 0.744. The summed E-state index contributed by atoms with van der Waals surface area (Å²) in [6, 6.07) is 16.2. The second kappa shape index (κ2) is 9.93. The minimum Gasteiger partial charge on any atom is -0.497 e. The molecule has 0 bridgehead atoms. The zero-order chi connectivity index (χ0) is 23.3. The van der Waals surface area contributed by atoms with Gasteiger partial charge in [0.1, 0.15) is 11.5 Å². The Morgan fingerprint density at radius 2 is 1.69 bits per heavy atom. The Balaban J connectivity index is 1.75. The smallest absolute Gasteiger partial charge is 0.243 e. The number of nitrogens with one attached hydrogen (secondary N) is 2. The molecule has 0 saturated heterocycles. The number of ether oxygens (including phenoxy) is 2. The quantitative estimate of drug-likeness (QED) is 0.497. The van der Waals surface area contributed by atoms with Crippen LogP contribution in [0.25, 0.3) is 0 Å². The molecule has 3 aromatic carbocycles. The van der Waals surface area contributed by atoms with E-state index in [4.69, 9.17) is 21.1 Å². The Bertz CT molecular complexity index is 1230. The molecular weight excluding hydrogens is 452 g/mol. The first kappa shape index (κ1) is 23.4. The molecule has 0 unspecified atom stereocenters. The summed E-state index contributed by atoms with van der Waals surface area (Å²) < 4.78 is 36.3. The van der Waals surface area contributed by atoms with Gasteiger partial charge >= 0.3 is 0 Å². The Morgan fingerprint density at radius 1 is 0.969 bits per heavy atom. The van der Waals surface area contributed by atoms with Gasteiger partial charge in [-0.1, -0.05) is 29.8 Å². The highest BCUT2D eigenvalue weighted by Gasteiger charge is 2.23. The molecule has 0 aliphatic heterocycles. The third kappa shape index (κ3) is 4.98. The maximum Gasteiger partial charge on any atom is 0.243 e. The summed E-state index contributed by atoms with van der Waals surface area (Å²) in [4.78, 5) is 12.6. The number of anilines is 2. The number of hydrogen-bond donors (Lipinski definition) is 2. The first-order valence-corrected chi connectivity index (χ1v) is 11.5. The lowest BCUT2D eigenvalue weighted by atomic mass is 10.2. The van der Waals surface area contributed by atoms with Crippen molar-refractivity contribution in [2.45, 2.75) is 16.7 Å². The average molecular weight is 475 g/mol. The molecular formula is C23H23ClN2O5S. The zero-order valence-electron chi connectivity index (χ0n) is 17.8. The molecule has 32 heavy (non-hydrogen) atoms. The predicted molar refractivity (Wildman–Crippen MR) is 125 cm³/mol. The fourth-order valence-corrected chi connectivity index (χ4v) is 4.94. The molecule has 0 fully saturated rings. The van der Waals surface area contributed by atoms with E-state index in [1.165, 1.54) is 32.4 Å². The van der Waals surface area contributed by atoms with Crippen LogP contribution in [0.5, 0.6) is 11.5 Å². The van der Waals surface area contributed by atoms with E-state index in [1.807, 2.05) is 0 Å². The molecule has 168 valence electrons. The van der Waals surface area contributed by atoms with Crippen LogP contribution in [0.3, 0.4) is 0 Å². The highest BCUT2D eigenvalue weighted by Crippen LogP contribution is 2.34. The molecule has 1 amide bonds. The van der Waals surface area contributed by atoms with E-state index < -0.39 is 9.84 Å². The number of halogens is 1. The number of methoxy groups -OCH3 is 2. The predicted octanol–water partition coefficient (Wildman–Crippen LogP) is 4.55. The largest absolute Gasteiger partial charge is 0.497 e. The minimum absolute atomic E-state index is 0.0129. The van der Waals surface area contributed by atoms with E-state index >= 15 is 0 Å². The number of sulfone groups is 1. The average Bonchev–Trinajstić information content (AvgIpc) is 2.80. The van der Waals surface area contributed by atoms with Crippen LogP contribution in [-0.4, -0.2) is 35.1 Å². The lowest BCUT2D eigenvalue weighted by molar-refractivity contribution is -0.114. The van der Waals surface area contributed by atoms with Crippen molar-refractivity contribution in [1.29, 1.82) is 0 Å². The van der Waals surface area contributed by atoms with Crippen LogP contribution in [0.2, 0.25) is 5.02 Å². The van der Waals surface area contributed by atoms with E-state index in [0.29, 0.717) is 28.4 Å². The summed E-state index contributed by atoms with van der Waals surface area (Å²) in [5, 5.41) is 5.86. The molecule has 0 heterocycles. The maximum absolute atomic E-state index is 12.9. The van der Waals surface area contributed by atoms with Crippen LogP contribution < -0.4 is 20.1 Å². The second-order valence-corrected chi connectivity index (χ2v) is 9.13. The van der Waals surface area contributed by atoms with Gasteiger partial charge in [-0.05, 0) is 48.9 Å². The van der Waals surface area contributed by atoms with Gasteiger partial charge in [-0.2, -0.15) is 0 Å². The van der Waals surface area contributed by atoms with Gasteiger partial charge in [-0.15, -0.1) is 0 Å². The number of carbonyl (C=O) groups excluding carboxylic acids is 1. The molecule has 0 aliphatic carbocycles. The van der Waals surface area contributed by atoms with Crippen LogP contribution in [0.1, 0.15) is 5.56 Å². The molecule has 3 rings (SSSR count). The van der Waals surface area contributed by atoms with Crippen molar-refractivity contribution in [3.63, 3.8) is 0 Å². The fourth-order valence-electron chi connectivity index (χ4n) is 3.07. The van der Waals surface area contributed by atoms with Crippen LogP contribution in [-0.2, 0) is 14.6 Å². The highest BCUT2D eigenvalue weighted by atomic mass is 35.5. The molecule has 0 spiro atoms. The van der Waals surface area contributed by atoms with E-state index in [2.05, 4.69) is 10.6 Å². The lowest BCUT2D eigenvalue weighted by Gasteiger charge is -2.15. The number of benzene rings is 3. The zero-order valence-corrected chi connectivity index (χ0v) is 19.4. The Kier molecular flexibility index (Phi) is 7.27. The van der Waals surface area contributed by atoms with Crippen LogP contribution in [0.15, 0.2) is 70.5 Å². The Labute approximate surface area is 192 Å². The molecule has 0 aromatic heterocycles. The van der Waals surface area contributed by atoms with Crippen LogP contribution in [0, 0.1) is 6.92 Å². The second-order valence-electron chi connectivity index (χ2n) is 6.83.